The molecule has 0 bridgehead atoms. The molecule has 3 aromatic rings. The summed E-state index contributed by atoms with van der Waals surface area (Å²) in [5, 5.41) is 15.6. The van der Waals surface area contributed by atoms with E-state index in [0.717, 1.165) is 25.8 Å². The fourth-order valence-corrected chi connectivity index (χ4v) is 6.98. The van der Waals surface area contributed by atoms with Crippen LogP contribution >= 0.6 is 11.6 Å². The summed E-state index contributed by atoms with van der Waals surface area (Å²) in [7, 11) is -3.90. The summed E-state index contributed by atoms with van der Waals surface area (Å²) in [6.45, 7) is 7.72. The molecule has 2 aliphatic rings. The Labute approximate surface area is 235 Å². The smallest absolute Gasteiger partial charge is 0.243 e. The number of sulfonamides is 1. The van der Waals surface area contributed by atoms with Gasteiger partial charge in [-0.15, -0.1) is 5.10 Å². The molecule has 1 aliphatic carbocycles. The van der Waals surface area contributed by atoms with Crippen LogP contribution in [0, 0.1) is 0 Å². The number of carbonyl (C=O) groups excluding carboxylic acids is 1. The minimum atomic E-state index is -3.90. The Morgan fingerprint density at radius 1 is 1.15 bits per heavy atom. The minimum Gasteiger partial charge on any atom is -0.353 e. The van der Waals surface area contributed by atoms with Gasteiger partial charge in [0.1, 0.15) is 6.04 Å². The summed E-state index contributed by atoms with van der Waals surface area (Å²) < 4.78 is 30.0. The van der Waals surface area contributed by atoms with E-state index >= 15 is 0 Å². The van der Waals surface area contributed by atoms with Crippen molar-refractivity contribution in [2.24, 2.45) is 0 Å². The van der Waals surface area contributed by atoms with E-state index in [9.17, 15) is 13.2 Å². The number of aryl methyl sites for hydroxylation is 1. The molecule has 1 saturated heterocycles. The minimum absolute atomic E-state index is 0.0497. The van der Waals surface area contributed by atoms with Gasteiger partial charge >= 0.3 is 0 Å². The molecule has 0 unspecified atom stereocenters. The first-order valence-corrected chi connectivity index (χ1v) is 15.2. The van der Waals surface area contributed by atoms with Crippen molar-refractivity contribution in [3.05, 3.63) is 76.1 Å². The van der Waals surface area contributed by atoms with Gasteiger partial charge in [0.15, 0.2) is 0 Å². The molecule has 0 radical (unpaired) electrons. The second-order valence-corrected chi connectivity index (χ2v) is 13.6. The zero-order valence-corrected chi connectivity index (χ0v) is 24.1. The van der Waals surface area contributed by atoms with Crippen molar-refractivity contribution in [2.75, 3.05) is 13.1 Å². The molecule has 2 aromatic carbocycles. The lowest BCUT2D eigenvalue weighted by molar-refractivity contribution is -0.126. The molecule has 1 aliphatic heterocycles. The average molecular weight is 571 g/mol. The van der Waals surface area contributed by atoms with Crippen molar-refractivity contribution in [1.82, 2.24) is 29.9 Å². The van der Waals surface area contributed by atoms with Crippen LogP contribution in [-0.2, 0) is 34.2 Å². The number of hydrogen-bond donors (Lipinski definition) is 2. The van der Waals surface area contributed by atoms with E-state index in [1.165, 1.54) is 45.3 Å². The quantitative estimate of drug-likeness (QED) is 0.450. The van der Waals surface area contributed by atoms with E-state index in [2.05, 4.69) is 59.9 Å². The Morgan fingerprint density at radius 2 is 1.92 bits per heavy atom. The van der Waals surface area contributed by atoms with Crippen LogP contribution in [0.4, 0.5) is 0 Å². The molecular formula is C28H35ClN6O3S. The Kier molecular flexibility index (Phi) is 7.83. The number of nitrogens with one attached hydrogen (secondary N) is 2. The van der Waals surface area contributed by atoms with E-state index in [1.54, 1.807) is 0 Å². The Bertz CT molecular complexity index is 1450. The first kappa shape index (κ1) is 27.8. The van der Waals surface area contributed by atoms with E-state index in [4.69, 9.17) is 11.6 Å². The molecule has 1 amide bonds. The highest BCUT2D eigenvalue weighted by Crippen LogP contribution is 2.33. The molecule has 11 heteroatoms. The van der Waals surface area contributed by atoms with Gasteiger partial charge in [0.25, 0.3) is 0 Å². The summed E-state index contributed by atoms with van der Waals surface area (Å²) in [5.74, 6) is -0.340. The van der Waals surface area contributed by atoms with Crippen molar-refractivity contribution in [2.45, 2.75) is 75.5 Å². The lowest BCUT2D eigenvalue weighted by atomic mass is 9.86. The number of nitrogens with zero attached hydrogens (tertiary/aromatic N) is 4. The first-order chi connectivity index (χ1) is 18.5. The second kappa shape index (κ2) is 11.0. The standard InChI is InChI=1S/C28H35ClN6O3S/c1-28(2,3)31-17-19-7-12-24-20(15-19)5-4-6-25(24)34-18-22(32-33-34)16-26-27(36)30-13-14-35(26)39(37,38)23-10-8-21(29)9-11-23/h7-12,15,18,25-26,31H,4-6,13-14,16-17H2,1-3H3,(H,30,36)/t25-,26-/m1/s1. The molecule has 9 nitrogen and oxygen atoms in total. The number of piperazine rings is 1. The summed E-state index contributed by atoms with van der Waals surface area (Å²) in [6, 6.07) is 11.8. The van der Waals surface area contributed by atoms with Crippen LogP contribution in [0.15, 0.2) is 53.6 Å². The van der Waals surface area contributed by atoms with E-state index in [0.29, 0.717) is 10.7 Å². The fraction of sp³-hybridized carbons (Fsp3) is 0.464. The zero-order chi connectivity index (χ0) is 27.8. The summed E-state index contributed by atoms with van der Waals surface area (Å²) in [6.07, 6.45) is 4.99. The normalized spacial score (nSPS) is 20.5. The van der Waals surface area contributed by atoms with E-state index in [1.807, 2.05) is 10.9 Å². The van der Waals surface area contributed by atoms with Gasteiger partial charge in [-0.3, -0.25) is 4.79 Å². The first-order valence-electron chi connectivity index (χ1n) is 13.3. The summed E-state index contributed by atoms with van der Waals surface area (Å²) in [5.41, 5.74) is 4.44. The topological polar surface area (TPSA) is 109 Å². The number of carbonyl (C=O) groups is 1. The maximum Gasteiger partial charge on any atom is 0.243 e. The lowest BCUT2D eigenvalue weighted by Crippen LogP contribution is -2.57. The number of fused-ring (bicyclic) bond motifs is 1. The summed E-state index contributed by atoms with van der Waals surface area (Å²) in [4.78, 5) is 13.0. The number of halogens is 1. The van der Waals surface area contributed by atoms with Crippen LogP contribution in [0.1, 0.15) is 62.0 Å². The molecule has 208 valence electrons. The van der Waals surface area contributed by atoms with Gasteiger partial charge in [0.2, 0.25) is 15.9 Å². The van der Waals surface area contributed by atoms with Gasteiger partial charge in [-0.05, 0) is 81.0 Å². The summed E-state index contributed by atoms with van der Waals surface area (Å²) >= 11 is 5.95. The number of amides is 1. The van der Waals surface area contributed by atoms with Gasteiger partial charge in [-0.1, -0.05) is 35.0 Å². The van der Waals surface area contributed by atoms with Crippen LogP contribution in [0.25, 0.3) is 0 Å². The SMILES string of the molecule is CC(C)(C)NCc1ccc2c(c1)CCC[C@H]2n1cc(C[C@@H]2C(=O)NCCN2S(=O)(=O)c2ccc(Cl)cc2)nn1. The fourth-order valence-electron chi connectivity index (χ4n) is 5.27. The van der Waals surface area contributed by atoms with E-state index in [-0.39, 0.29) is 41.9 Å². The molecule has 2 N–H and O–H groups in total. The van der Waals surface area contributed by atoms with Gasteiger partial charge in [0, 0.05) is 42.8 Å². The molecule has 0 saturated carbocycles. The van der Waals surface area contributed by atoms with Crippen LogP contribution in [0.2, 0.25) is 5.02 Å². The van der Waals surface area contributed by atoms with Crippen molar-refractivity contribution in [3.8, 4) is 0 Å². The van der Waals surface area contributed by atoms with Gasteiger partial charge in [-0.25, -0.2) is 13.1 Å². The third-order valence-corrected chi connectivity index (χ3v) is 9.47. The predicted molar refractivity (Wildman–Crippen MR) is 150 cm³/mol. The number of aromatic nitrogens is 3. The van der Waals surface area contributed by atoms with Gasteiger partial charge < -0.3 is 10.6 Å². The number of hydrogen-bond acceptors (Lipinski definition) is 6. The largest absolute Gasteiger partial charge is 0.353 e. The molecule has 1 aromatic heterocycles. The molecule has 2 heterocycles. The van der Waals surface area contributed by atoms with Crippen molar-refractivity contribution in [3.63, 3.8) is 0 Å². The van der Waals surface area contributed by atoms with Crippen molar-refractivity contribution < 1.29 is 13.2 Å². The maximum absolute atomic E-state index is 13.4. The van der Waals surface area contributed by atoms with E-state index < -0.39 is 16.1 Å². The zero-order valence-electron chi connectivity index (χ0n) is 22.5. The predicted octanol–water partition coefficient (Wildman–Crippen LogP) is 3.48. The maximum atomic E-state index is 13.4. The van der Waals surface area contributed by atoms with Crippen LogP contribution in [0.5, 0.6) is 0 Å². The molecule has 39 heavy (non-hydrogen) atoms. The molecule has 1 fully saturated rings. The molecule has 5 rings (SSSR count). The highest BCUT2D eigenvalue weighted by Gasteiger charge is 2.39. The lowest BCUT2D eigenvalue weighted by Gasteiger charge is -2.33. The average Bonchev–Trinajstić information content (AvgIpc) is 3.36. The molecular weight excluding hydrogens is 536 g/mol. The monoisotopic (exact) mass is 570 g/mol. The highest BCUT2D eigenvalue weighted by atomic mass is 35.5. The van der Waals surface area contributed by atoms with Gasteiger partial charge in [0.05, 0.1) is 16.6 Å². The Morgan fingerprint density at radius 3 is 2.67 bits per heavy atom. The second-order valence-electron chi connectivity index (χ2n) is 11.3. The van der Waals surface area contributed by atoms with Crippen LogP contribution in [0.3, 0.4) is 0 Å². The molecule has 2 atom stereocenters. The third-order valence-electron chi connectivity index (χ3n) is 7.29. The number of benzene rings is 2. The Hall–Kier alpha value is -2.79. The van der Waals surface area contributed by atoms with Gasteiger partial charge in [-0.2, -0.15) is 4.31 Å². The highest BCUT2D eigenvalue weighted by molar-refractivity contribution is 7.89. The van der Waals surface area contributed by atoms with Crippen LogP contribution < -0.4 is 10.6 Å². The van der Waals surface area contributed by atoms with Crippen molar-refractivity contribution >= 4 is 27.5 Å². The van der Waals surface area contributed by atoms with Crippen LogP contribution in [-0.4, -0.2) is 58.3 Å². The molecule has 0 spiro atoms. The Balaban J connectivity index is 1.35. The van der Waals surface area contributed by atoms with Crippen molar-refractivity contribution in [1.29, 1.82) is 0 Å². The third kappa shape index (κ3) is 6.19. The number of rotatable bonds is 7.